The molecule has 0 spiro atoms. The summed E-state index contributed by atoms with van der Waals surface area (Å²) in [5.74, 6) is 0.674. The van der Waals surface area contributed by atoms with Crippen molar-refractivity contribution in [2.45, 2.75) is 20.0 Å². The van der Waals surface area contributed by atoms with E-state index in [9.17, 15) is 4.79 Å². The summed E-state index contributed by atoms with van der Waals surface area (Å²) in [6, 6.07) is 0. The molecule has 1 saturated heterocycles. The molecule has 0 aromatic heterocycles. The van der Waals surface area contributed by atoms with Crippen molar-refractivity contribution in [2.24, 2.45) is 4.99 Å². The summed E-state index contributed by atoms with van der Waals surface area (Å²) in [6.07, 6.45) is 3.71. The molecule has 0 radical (unpaired) electrons. The molecule has 5 heteroatoms. The van der Waals surface area contributed by atoms with E-state index in [0.717, 1.165) is 5.71 Å². The monoisotopic (exact) mass is 264 g/mol. The Morgan fingerprint density at radius 3 is 3.05 bits per heavy atom. The van der Waals surface area contributed by atoms with Gasteiger partial charge in [0.25, 0.3) is 5.91 Å². The quantitative estimate of drug-likeness (QED) is 0.752. The van der Waals surface area contributed by atoms with Crippen LogP contribution in [-0.2, 0) is 14.3 Å². The molecule has 2 aliphatic rings. The van der Waals surface area contributed by atoms with Gasteiger partial charge in [-0.05, 0) is 19.9 Å². The molecule has 0 N–H and O–H groups in total. The molecular weight excluding hydrogens is 244 g/mol. The predicted octanol–water partition coefficient (Wildman–Crippen LogP) is 1.16. The maximum absolute atomic E-state index is 12.5. The fraction of sp³-hybridized carbons (Fsp3) is 0.571. The standard InChI is InChI=1S/C14H20N2O3/c1-10-9-16(6-7-19-10)14(17)12-4-5-15-11(2)13(8-12)18-3/h4,8,10H,5-7,9H2,1-3H3. The molecule has 0 aliphatic carbocycles. The number of carbonyl (C=O) groups excluding carboxylic acids is 1. The Kier molecular flexibility index (Phi) is 4.37. The summed E-state index contributed by atoms with van der Waals surface area (Å²) in [5.41, 5.74) is 1.46. The van der Waals surface area contributed by atoms with Crippen LogP contribution in [0.1, 0.15) is 13.8 Å². The van der Waals surface area contributed by atoms with E-state index in [-0.39, 0.29) is 12.0 Å². The van der Waals surface area contributed by atoms with Crippen LogP contribution in [0.5, 0.6) is 0 Å². The SMILES string of the molecule is COC1=CC(C(=O)N2CCOC(C)C2)=CCN=C1C. The third-order valence-electron chi connectivity index (χ3n) is 3.28. The fourth-order valence-corrected chi connectivity index (χ4v) is 2.20. The number of aliphatic imine (C=N–C) groups is 1. The van der Waals surface area contributed by atoms with Crippen molar-refractivity contribution < 1.29 is 14.3 Å². The highest BCUT2D eigenvalue weighted by Crippen LogP contribution is 2.15. The highest BCUT2D eigenvalue weighted by atomic mass is 16.5. The Balaban J connectivity index is 2.15. The van der Waals surface area contributed by atoms with Crippen LogP contribution in [0.4, 0.5) is 0 Å². The number of carbonyl (C=O) groups is 1. The van der Waals surface area contributed by atoms with Crippen molar-refractivity contribution in [2.75, 3.05) is 33.4 Å². The summed E-state index contributed by atoms with van der Waals surface area (Å²) in [4.78, 5) is 18.6. The molecule has 0 aromatic carbocycles. The number of amides is 1. The van der Waals surface area contributed by atoms with Gasteiger partial charge in [0.2, 0.25) is 0 Å². The number of hydrogen-bond donors (Lipinski definition) is 0. The Hall–Kier alpha value is -1.62. The summed E-state index contributed by atoms with van der Waals surface area (Å²) in [5, 5.41) is 0. The molecule has 1 fully saturated rings. The van der Waals surface area contributed by atoms with Crippen LogP contribution in [0.25, 0.3) is 0 Å². The first-order valence-corrected chi connectivity index (χ1v) is 6.50. The van der Waals surface area contributed by atoms with Crippen molar-refractivity contribution in [3.05, 3.63) is 23.5 Å². The number of rotatable bonds is 2. The maximum Gasteiger partial charge on any atom is 0.253 e. The van der Waals surface area contributed by atoms with E-state index in [2.05, 4.69) is 4.99 Å². The van der Waals surface area contributed by atoms with Gasteiger partial charge < -0.3 is 14.4 Å². The van der Waals surface area contributed by atoms with E-state index in [4.69, 9.17) is 9.47 Å². The van der Waals surface area contributed by atoms with Gasteiger partial charge in [-0.25, -0.2) is 0 Å². The summed E-state index contributed by atoms with van der Waals surface area (Å²) in [6.45, 7) is 6.23. The van der Waals surface area contributed by atoms with Crippen LogP contribution in [0.15, 0.2) is 28.5 Å². The third-order valence-corrected chi connectivity index (χ3v) is 3.28. The number of methoxy groups -OCH3 is 1. The van der Waals surface area contributed by atoms with Gasteiger partial charge in [0.05, 0.1) is 32.1 Å². The van der Waals surface area contributed by atoms with Crippen LogP contribution in [0.2, 0.25) is 0 Å². The van der Waals surface area contributed by atoms with E-state index < -0.39 is 0 Å². The van der Waals surface area contributed by atoms with Crippen molar-refractivity contribution in [3.63, 3.8) is 0 Å². The normalized spacial score (nSPS) is 24.1. The lowest BCUT2D eigenvalue weighted by Gasteiger charge is -2.31. The van der Waals surface area contributed by atoms with E-state index in [0.29, 0.717) is 37.6 Å². The Morgan fingerprint density at radius 2 is 2.37 bits per heavy atom. The van der Waals surface area contributed by atoms with Crippen LogP contribution >= 0.6 is 0 Å². The molecule has 1 unspecified atom stereocenters. The topological polar surface area (TPSA) is 51.1 Å². The first kappa shape index (κ1) is 13.8. The van der Waals surface area contributed by atoms with E-state index in [1.54, 1.807) is 13.2 Å². The lowest BCUT2D eigenvalue weighted by Crippen LogP contribution is -2.45. The van der Waals surface area contributed by atoms with Crippen LogP contribution < -0.4 is 0 Å². The fourth-order valence-electron chi connectivity index (χ4n) is 2.20. The highest BCUT2D eigenvalue weighted by Gasteiger charge is 2.24. The molecule has 0 bridgehead atoms. The van der Waals surface area contributed by atoms with Gasteiger partial charge in [-0.1, -0.05) is 6.08 Å². The minimum absolute atomic E-state index is 0.0228. The second-order valence-corrected chi connectivity index (χ2v) is 4.73. The Bertz CT molecular complexity index is 452. The molecule has 0 aromatic rings. The zero-order chi connectivity index (χ0) is 13.8. The Morgan fingerprint density at radius 1 is 1.58 bits per heavy atom. The number of allylic oxidation sites excluding steroid dienone is 1. The second kappa shape index (κ2) is 6.02. The van der Waals surface area contributed by atoms with E-state index >= 15 is 0 Å². The highest BCUT2D eigenvalue weighted by molar-refractivity contribution is 6.02. The minimum Gasteiger partial charge on any atom is -0.495 e. The van der Waals surface area contributed by atoms with Crippen LogP contribution in [0, 0.1) is 0 Å². The summed E-state index contributed by atoms with van der Waals surface area (Å²) in [7, 11) is 1.59. The maximum atomic E-state index is 12.5. The van der Waals surface area contributed by atoms with Crippen LogP contribution in [-0.4, -0.2) is 56.0 Å². The first-order valence-electron chi connectivity index (χ1n) is 6.50. The molecule has 19 heavy (non-hydrogen) atoms. The average molecular weight is 264 g/mol. The average Bonchev–Trinajstić information content (AvgIpc) is 2.59. The summed E-state index contributed by atoms with van der Waals surface area (Å²) >= 11 is 0. The van der Waals surface area contributed by atoms with Gasteiger partial charge in [-0.2, -0.15) is 0 Å². The number of hydrogen-bond acceptors (Lipinski definition) is 4. The molecule has 104 valence electrons. The first-order chi connectivity index (χ1) is 9.11. The smallest absolute Gasteiger partial charge is 0.253 e. The van der Waals surface area contributed by atoms with Gasteiger partial charge in [-0.15, -0.1) is 0 Å². The van der Waals surface area contributed by atoms with Crippen molar-refractivity contribution in [3.8, 4) is 0 Å². The minimum atomic E-state index is 0.0228. The largest absolute Gasteiger partial charge is 0.495 e. The lowest BCUT2D eigenvalue weighted by atomic mass is 10.1. The predicted molar refractivity (Wildman–Crippen MR) is 73.1 cm³/mol. The molecule has 5 nitrogen and oxygen atoms in total. The van der Waals surface area contributed by atoms with Gasteiger partial charge in [0.15, 0.2) is 0 Å². The van der Waals surface area contributed by atoms with E-state index in [1.807, 2.05) is 24.8 Å². The summed E-state index contributed by atoms with van der Waals surface area (Å²) < 4.78 is 10.7. The third kappa shape index (κ3) is 3.23. The van der Waals surface area contributed by atoms with Gasteiger partial charge >= 0.3 is 0 Å². The molecular formula is C14H20N2O3. The molecule has 2 heterocycles. The Labute approximate surface area is 113 Å². The number of nitrogens with zero attached hydrogens (tertiary/aromatic N) is 2. The lowest BCUT2D eigenvalue weighted by molar-refractivity contribution is -0.133. The molecule has 0 saturated carbocycles. The molecule has 1 atom stereocenters. The second-order valence-electron chi connectivity index (χ2n) is 4.73. The van der Waals surface area contributed by atoms with Gasteiger partial charge in [0, 0.05) is 18.7 Å². The molecule has 2 aliphatic heterocycles. The van der Waals surface area contributed by atoms with Crippen molar-refractivity contribution in [1.29, 1.82) is 0 Å². The number of morpholine rings is 1. The van der Waals surface area contributed by atoms with Crippen molar-refractivity contribution >= 4 is 11.6 Å². The molecule has 1 amide bonds. The zero-order valence-corrected chi connectivity index (χ0v) is 11.7. The van der Waals surface area contributed by atoms with Crippen LogP contribution in [0.3, 0.4) is 0 Å². The van der Waals surface area contributed by atoms with Gasteiger partial charge in [-0.3, -0.25) is 9.79 Å². The van der Waals surface area contributed by atoms with Gasteiger partial charge in [0.1, 0.15) is 5.76 Å². The van der Waals surface area contributed by atoms with Crippen molar-refractivity contribution in [1.82, 2.24) is 4.90 Å². The zero-order valence-electron chi connectivity index (χ0n) is 11.7. The molecule has 2 rings (SSSR count). The number of ether oxygens (including phenoxy) is 2. The van der Waals surface area contributed by atoms with E-state index in [1.165, 1.54) is 0 Å².